The molecule has 0 atom stereocenters. The monoisotopic (exact) mass is 442 g/mol. The van der Waals surface area contributed by atoms with Crippen LogP contribution in [-0.4, -0.2) is 32.3 Å². The van der Waals surface area contributed by atoms with E-state index in [4.69, 9.17) is 15.2 Å². The third-order valence-corrected chi connectivity index (χ3v) is 5.75. The molecule has 1 aliphatic rings. The van der Waals surface area contributed by atoms with Crippen LogP contribution < -0.4 is 15.8 Å². The maximum Gasteiger partial charge on any atom is 0.407 e. The van der Waals surface area contributed by atoms with Crippen LogP contribution in [0, 0.1) is 0 Å². The highest BCUT2D eigenvalue weighted by molar-refractivity contribution is 5.97. The average molecular weight is 443 g/mol. The molecule has 4 rings (SSSR count). The minimum absolute atomic E-state index is 0.0327. The van der Waals surface area contributed by atoms with E-state index < -0.39 is 12.0 Å². The van der Waals surface area contributed by atoms with Gasteiger partial charge in [0.2, 0.25) is 5.91 Å². The predicted octanol–water partition coefficient (Wildman–Crippen LogP) is 4.74. The maximum absolute atomic E-state index is 12.2. The van der Waals surface area contributed by atoms with Crippen LogP contribution in [-0.2, 0) is 4.74 Å². The first kappa shape index (κ1) is 22.1. The smallest absolute Gasteiger partial charge is 0.407 e. The van der Waals surface area contributed by atoms with E-state index in [2.05, 4.69) is 29.6 Å². The van der Waals surface area contributed by atoms with E-state index in [-0.39, 0.29) is 12.5 Å². The highest BCUT2D eigenvalue weighted by atomic mass is 16.5. The molecule has 0 spiro atoms. The van der Waals surface area contributed by atoms with Gasteiger partial charge in [0.15, 0.2) is 0 Å². The number of amides is 2. The second kappa shape index (κ2) is 10.0. The zero-order valence-electron chi connectivity index (χ0n) is 18.4. The van der Waals surface area contributed by atoms with Gasteiger partial charge in [0.1, 0.15) is 12.4 Å². The summed E-state index contributed by atoms with van der Waals surface area (Å²) in [4.78, 5) is 23.9. The predicted molar refractivity (Wildman–Crippen MR) is 128 cm³/mol. The standard InChI is InChI=1S/C27H26N2O4/c1-32-19-14-13-18(24(16-19)26(28)30)8-6-7-15-29-27(31)33-17-25-22-11-4-2-9-20(22)21-10-3-5-12-23(21)25/h2-6,8-14,16,25H,7,15,17H2,1H3,(H2,28,30)(H,29,31). The molecule has 6 heteroatoms. The molecule has 0 unspecified atom stereocenters. The molecule has 0 radical (unpaired) electrons. The molecule has 0 fully saturated rings. The third kappa shape index (κ3) is 4.90. The molecule has 0 aromatic heterocycles. The fourth-order valence-corrected chi connectivity index (χ4v) is 4.14. The van der Waals surface area contributed by atoms with Crippen molar-refractivity contribution in [2.45, 2.75) is 12.3 Å². The number of carbonyl (C=O) groups excluding carboxylic acids is 2. The summed E-state index contributed by atoms with van der Waals surface area (Å²) >= 11 is 0. The van der Waals surface area contributed by atoms with Crippen molar-refractivity contribution in [2.75, 3.05) is 20.3 Å². The summed E-state index contributed by atoms with van der Waals surface area (Å²) < 4.78 is 10.7. The molecule has 3 aromatic carbocycles. The molecule has 0 aliphatic heterocycles. The van der Waals surface area contributed by atoms with Gasteiger partial charge in [-0.05, 0) is 46.4 Å². The molecule has 0 heterocycles. The van der Waals surface area contributed by atoms with E-state index in [1.807, 2.05) is 30.3 Å². The Bertz CT molecular complexity index is 1160. The summed E-state index contributed by atoms with van der Waals surface area (Å²) in [5.74, 6) is 0.0773. The molecule has 6 nitrogen and oxygen atoms in total. The first-order valence-electron chi connectivity index (χ1n) is 10.8. The lowest BCUT2D eigenvalue weighted by molar-refractivity contribution is 0.0999. The van der Waals surface area contributed by atoms with Gasteiger partial charge in [-0.2, -0.15) is 0 Å². The Kier molecular flexibility index (Phi) is 6.74. The van der Waals surface area contributed by atoms with Crippen LogP contribution in [0.25, 0.3) is 17.2 Å². The fourth-order valence-electron chi connectivity index (χ4n) is 4.14. The highest BCUT2D eigenvalue weighted by Gasteiger charge is 2.28. The van der Waals surface area contributed by atoms with Crippen molar-refractivity contribution >= 4 is 18.1 Å². The van der Waals surface area contributed by atoms with Crippen LogP contribution in [0.5, 0.6) is 5.75 Å². The number of methoxy groups -OCH3 is 1. The number of nitrogens with one attached hydrogen (secondary N) is 1. The Labute approximate surface area is 193 Å². The zero-order chi connectivity index (χ0) is 23.2. The SMILES string of the molecule is COc1ccc(C=CCCNC(=O)OCC2c3ccccc3-c3ccccc32)c(C(N)=O)c1. The van der Waals surface area contributed by atoms with Crippen LogP contribution in [0.1, 0.15) is 39.4 Å². The van der Waals surface area contributed by atoms with E-state index in [1.54, 1.807) is 24.3 Å². The van der Waals surface area contributed by atoms with Gasteiger partial charge in [0, 0.05) is 18.0 Å². The first-order valence-corrected chi connectivity index (χ1v) is 10.8. The molecule has 0 saturated carbocycles. The Morgan fingerprint density at radius 1 is 1.00 bits per heavy atom. The normalized spacial score (nSPS) is 12.3. The van der Waals surface area contributed by atoms with E-state index >= 15 is 0 Å². The third-order valence-electron chi connectivity index (χ3n) is 5.75. The van der Waals surface area contributed by atoms with E-state index in [0.29, 0.717) is 29.8 Å². The Morgan fingerprint density at radius 3 is 2.30 bits per heavy atom. The lowest BCUT2D eigenvalue weighted by atomic mass is 9.98. The number of primary amides is 1. The Balaban J connectivity index is 1.29. The first-order chi connectivity index (χ1) is 16.1. The number of benzene rings is 3. The summed E-state index contributed by atoms with van der Waals surface area (Å²) in [6, 6.07) is 21.6. The Hall–Kier alpha value is -4.06. The van der Waals surface area contributed by atoms with Crippen molar-refractivity contribution < 1.29 is 19.1 Å². The zero-order valence-corrected chi connectivity index (χ0v) is 18.4. The molecular formula is C27H26N2O4. The number of rotatable bonds is 8. The van der Waals surface area contributed by atoms with Gasteiger partial charge in [-0.15, -0.1) is 0 Å². The summed E-state index contributed by atoms with van der Waals surface area (Å²) in [5, 5.41) is 2.77. The summed E-state index contributed by atoms with van der Waals surface area (Å²) in [6.45, 7) is 0.693. The van der Waals surface area contributed by atoms with Crippen molar-refractivity contribution in [2.24, 2.45) is 5.73 Å². The molecule has 0 bridgehead atoms. The largest absolute Gasteiger partial charge is 0.497 e. The molecule has 3 aromatic rings. The second-order valence-corrected chi connectivity index (χ2v) is 7.76. The molecule has 168 valence electrons. The van der Waals surface area contributed by atoms with E-state index in [9.17, 15) is 9.59 Å². The quantitative estimate of drug-likeness (QED) is 0.493. The van der Waals surface area contributed by atoms with Crippen LogP contribution in [0.3, 0.4) is 0 Å². The molecule has 33 heavy (non-hydrogen) atoms. The van der Waals surface area contributed by atoms with E-state index in [1.165, 1.54) is 29.4 Å². The molecule has 1 aliphatic carbocycles. The van der Waals surface area contributed by atoms with Gasteiger partial charge < -0.3 is 20.5 Å². The summed E-state index contributed by atoms with van der Waals surface area (Å²) in [5.41, 5.74) is 11.3. The maximum atomic E-state index is 12.2. The summed E-state index contributed by atoms with van der Waals surface area (Å²) in [7, 11) is 1.53. The number of hydrogen-bond donors (Lipinski definition) is 2. The van der Waals surface area contributed by atoms with Gasteiger partial charge in [-0.3, -0.25) is 4.79 Å². The topological polar surface area (TPSA) is 90.7 Å². The van der Waals surface area contributed by atoms with Crippen LogP contribution in [0.2, 0.25) is 0 Å². The number of nitrogens with two attached hydrogens (primary N) is 1. The van der Waals surface area contributed by atoms with Crippen LogP contribution >= 0.6 is 0 Å². The number of carbonyl (C=O) groups is 2. The molecular weight excluding hydrogens is 416 g/mol. The van der Waals surface area contributed by atoms with Gasteiger partial charge in [-0.25, -0.2) is 4.79 Å². The number of hydrogen-bond acceptors (Lipinski definition) is 4. The number of fused-ring (bicyclic) bond motifs is 3. The fraction of sp³-hybridized carbons (Fsp3) is 0.185. The number of ether oxygens (including phenoxy) is 2. The van der Waals surface area contributed by atoms with Crippen LogP contribution in [0.4, 0.5) is 4.79 Å². The minimum atomic E-state index is -0.523. The average Bonchev–Trinajstić information content (AvgIpc) is 3.16. The number of alkyl carbamates (subject to hydrolysis) is 1. The summed E-state index contributed by atoms with van der Waals surface area (Å²) in [6.07, 6.45) is 3.80. The second-order valence-electron chi connectivity index (χ2n) is 7.76. The van der Waals surface area contributed by atoms with Crippen LogP contribution in [0.15, 0.2) is 72.8 Å². The molecule has 3 N–H and O–H groups in total. The van der Waals surface area contributed by atoms with Gasteiger partial charge >= 0.3 is 6.09 Å². The van der Waals surface area contributed by atoms with Crippen molar-refractivity contribution in [3.05, 3.63) is 95.1 Å². The minimum Gasteiger partial charge on any atom is -0.497 e. The van der Waals surface area contributed by atoms with Crippen molar-refractivity contribution in [1.82, 2.24) is 5.32 Å². The van der Waals surface area contributed by atoms with Crippen molar-refractivity contribution in [3.63, 3.8) is 0 Å². The molecule has 0 saturated heterocycles. The lowest BCUT2D eigenvalue weighted by Crippen LogP contribution is -2.26. The van der Waals surface area contributed by atoms with E-state index in [0.717, 1.165) is 0 Å². The highest BCUT2D eigenvalue weighted by Crippen LogP contribution is 2.44. The van der Waals surface area contributed by atoms with Gasteiger partial charge in [-0.1, -0.05) is 66.7 Å². The Morgan fingerprint density at radius 2 is 1.67 bits per heavy atom. The lowest BCUT2D eigenvalue weighted by Gasteiger charge is -2.14. The van der Waals surface area contributed by atoms with Crippen molar-refractivity contribution in [3.8, 4) is 16.9 Å². The van der Waals surface area contributed by atoms with Gasteiger partial charge in [0.25, 0.3) is 0 Å². The molecule has 2 amide bonds. The van der Waals surface area contributed by atoms with Crippen molar-refractivity contribution in [1.29, 1.82) is 0 Å². The van der Waals surface area contributed by atoms with Gasteiger partial charge in [0.05, 0.1) is 7.11 Å².